The number of hydrogen-bond donors (Lipinski definition) is 0. The Hall–Kier alpha value is -2.28. The second-order valence-corrected chi connectivity index (χ2v) is 8.63. The van der Waals surface area contributed by atoms with Gasteiger partial charge < -0.3 is 14.4 Å². The first-order valence-electron chi connectivity index (χ1n) is 10.6. The van der Waals surface area contributed by atoms with Crippen molar-refractivity contribution in [3.8, 4) is 11.5 Å². The molecule has 0 saturated carbocycles. The van der Waals surface area contributed by atoms with Gasteiger partial charge in [0, 0.05) is 30.8 Å². The van der Waals surface area contributed by atoms with Crippen molar-refractivity contribution in [3.63, 3.8) is 0 Å². The van der Waals surface area contributed by atoms with Crippen LogP contribution < -0.4 is 9.47 Å². The SMILES string of the molecule is CSc1nc(C)c(CCC(=O)N2CCCC2c2ccc3c(c2)OCCCO3)c(C)n1. The molecule has 3 heterocycles. The first kappa shape index (κ1) is 21.0. The number of thioether (sulfide) groups is 1. The predicted octanol–water partition coefficient (Wildman–Crippen LogP) is 4.27. The molecular formula is C23H29N3O3S. The van der Waals surface area contributed by atoms with Gasteiger partial charge in [-0.1, -0.05) is 17.8 Å². The molecule has 6 nitrogen and oxygen atoms in total. The molecule has 1 aromatic carbocycles. The molecule has 7 heteroatoms. The molecule has 2 aliphatic heterocycles. The number of fused-ring (bicyclic) bond motifs is 1. The molecule has 0 aliphatic carbocycles. The van der Waals surface area contributed by atoms with E-state index in [9.17, 15) is 4.79 Å². The molecule has 1 aromatic heterocycles. The van der Waals surface area contributed by atoms with Gasteiger partial charge in [-0.25, -0.2) is 9.97 Å². The van der Waals surface area contributed by atoms with E-state index in [1.807, 2.05) is 31.1 Å². The molecule has 0 radical (unpaired) electrons. The molecule has 1 saturated heterocycles. The quantitative estimate of drug-likeness (QED) is 0.524. The number of rotatable bonds is 5. The summed E-state index contributed by atoms with van der Waals surface area (Å²) in [5.41, 5.74) is 4.17. The van der Waals surface area contributed by atoms with Gasteiger partial charge in [0.05, 0.1) is 19.3 Å². The zero-order valence-corrected chi connectivity index (χ0v) is 18.8. The predicted molar refractivity (Wildman–Crippen MR) is 117 cm³/mol. The van der Waals surface area contributed by atoms with Gasteiger partial charge in [0.15, 0.2) is 16.7 Å². The Morgan fingerprint density at radius 1 is 1.13 bits per heavy atom. The van der Waals surface area contributed by atoms with Gasteiger partial charge in [-0.15, -0.1) is 0 Å². The maximum absolute atomic E-state index is 13.1. The minimum Gasteiger partial charge on any atom is -0.490 e. The Morgan fingerprint density at radius 3 is 2.60 bits per heavy atom. The highest BCUT2D eigenvalue weighted by Crippen LogP contribution is 2.38. The smallest absolute Gasteiger partial charge is 0.223 e. The molecule has 0 spiro atoms. The molecule has 1 amide bonds. The van der Waals surface area contributed by atoms with Crippen LogP contribution in [-0.4, -0.2) is 46.8 Å². The number of benzene rings is 1. The van der Waals surface area contributed by atoms with Crippen molar-refractivity contribution < 1.29 is 14.3 Å². The number of aromatic nitrogens is 2. The van der Waals surface area contributed by atoms with Crippen LogP contribution in [0.2, 0.25) is 0 Å². The van der Waals surface area contributed by atoms with E-state index in [1.165, 1.54) is 0 Å². The van der Waals surface area contributed by atoms with E-state index in [4.69, 9.17) is 9.47 Å². The summed E-state index contributed by atoms with van der Waals surface area (Å²) in [7, 11) is 0. The second-order valence-electron chi connectivity index (χ2n) is 7.86. The van der Waals surface area contributed by atoms with Crippen molar-refractivity contribution in [2.75, 3.05) is 26.0 Å². The third kappa shape index (κ3) is 4.41. The minimum atomic E-state index is 0.104. The molecule has 160 valence electrons. The summed E-state index contributed by atoms with van der Waals surface area (Å²) < 4.78 is 11.6. The monoisotopic (exact) mass is 427 g/mol. The van der Waals surface area contributed by atoms with E-state index in [1.54, 1.807) is 11.8 Å². The lowest BCUT2D eigenvalue weighted by Gasteiger charge is -2.26. The normalized spacial score (nSPS) is 18.4. The van der Waals surface area contributed by atoms with Gasteiger partial charge in [0.25, 0.3) is 0 Å². The number of amides is 1. The zero-order valence-electron chi connectivity index (χ0n) is 17.9. The van der Waals surface area contributed by atoms with Crippen LogP contribution >= 0.6 is 11.8 Å². The highest BCUT2D eigenvalue weighted by atomic mass is 32.2. The van der Waals surface area contributed by atoms with Crippen molar-refractivity contribution in [2.45, 2.75) is 57.1 Å². The molecular weight excluding hydrogens is 398 g/mol. The highest BCUT2D eigenvalue weighted by molar-refractivity contribution is 7.98. The van der Waals surface area contributed by atoms with Gasteiger partial charge in [0.2, 0.25) is 5.91 Å². The summed E-state index contributed by atoms with van der Waals surface area (Å²) in [4.78, 5) is 24.2. The van der Waals surface area contributed by atoms with Gasteiger partial charge in [-0.2, -0.15) is 0 Å². The van der Waals surface area contributed by atoms with Crippen LogP contribution in [0, 0.1) is 13.8 Å². The number of ether oxygens (including phenoxy) is 2. The van der Waals surface area contributed by atoms with E-state index in [0.717, 1.165) is 65.0 Å². The number of nitrogens with zero attached hydrogens (tertiary/aromatic N) is 3. The molecule has 2 aliphatic rings. The number of carbonyl (C=O) groups excluding carboxylic acids is 1. The molecule has 1 atom stereocenters. The van der Waals surface area contributed by atoms with Crippen LogP contribution in [-0.2, 0) is 11.2 Å². The third-order valence-corrected chi connectivity index (χ3v) is 6.45. The summed E-state index contributed by atoms with van der Waals surface area (Å²) in [6, 6.07) is 6.22. The van der Waals surface area contributed by atoms with Crippen LogP contribution in [0.15, 0.2) is 23.4 Å². The summed E-state index contributed by atoms with van der Waals surface area (Å²) >= 11 is 1.54. The number of hydrogen-bond acceptors (Lipinski definition) is 6. The topological polar surface area (TPSA) is 64.6 Å². The van der Waals surface area contributed by atoms with Crippen LogP contribution in [0.25, 0.3) is 0 Å². The van der Waals surface area contributed by atoms with Crippen LogP contribution in [0.4, 0.5) is 0 Å². The molecule has 30 heavy (non-hydrogen) atoms. The van der Waals surface area contributed by atoms with Gasteiger partial charge in [-0.05, 0) is 62.6 Å². The van der Waals surface area contributed by atoms with E-state index in [0.29, 0.717) is 26.1 Å². The van der Waals surface area contributed by atoms with Gasteiger partial charge in [-0.3, -0.25) is 4.79 Å². The molecule has 0 N–H and O–H groups in total. The fourth-order valence-electron chi connectivity index (χ4n) is 4.34. The van der Waals surface area contributed by atoms with E-state index >= 15 is 0 Å². The molecule has 2 aromatic rings. The van der Waals surface area contributed by atoms with Gasteiger partial charge >= 0.3 is 0 Å². The van der Waals surface area contributed by atoms with E-state index in [-0.39, 0.29) is 11.9 Å². The maximum atomic E-state index is 13.1. The Labute approximate surface area is 182 Å². The summed E-state index contributed by atoms with van der Waals surface area (Å²) in [6.07, 6.45) is 6.02. The Kier molecular flexibility index (Phi) is 6.46. The lowest BCUT2D eigenvalue weighted by molar-refractivity contribution is -0.132. The van der Waals surface area contributed by atoms with E-state index < -0.39 is 0 Å². The molecule has 1 unspecified atom stereocenters. The van der Waals surface area contributed by atoms with Gasteiger partial charge in [0.1, 0.15) is 0 Å². The Morgan fingerprint density at radius 2 is 1.87 bits per heavy atom. The van der Waals surface area contributed by atoms with Crippen LogP contribution in [0.5, 0.6) is 11.5 Å². The fourth-order valence-corrected chi connectivity index (χ4v) is 4.79. The molecule has 1 fully saturated rings. The summed E-state index contributed by atoms with van der Waals surface area (Å²) in [5, 5.41) is 0.786. The Balaban J connectivity index is 1.46. The number of carbonyl (C=O) groups is 1. The maximum Gasteiger partial charge on any atom is 0.223 e. The standard InChI is InChI=1S/C23H29N3O3S/c1-15-18(16(2)25-23(24-15)30-3)8-10-22(27)26-11-4-6-19(26)17-7-9-20-21(14-17)29-13-5-12-28-20/h7,9,14,19H,4-6,8,10-13H2,1-3H3. The largest absolute Gasteiger partial charge is 0.490 e. The van der Waals surface area contributed by atoms with Crippen molar-refractivity contribution in [2.24, 2.45) is 0 Å². The average molecular weight is 428 g/mol. The van der Waals surface area contributed by atoms with Crippen LogP contribution in [0.3, 0.4) is 0 Å². The minimum absolute atomic E-state index is 0.104. The first-order chi connectivity index (χ1) is 14.6. The van der Waals surface area contributed by atoms with Crippen molar-refractivity contribution in [3.05, 3.63) is 40.7 Å². The Bertz CT molecular complexity index is 911. The van der Waals surface area contributed by atoms with Crippen molar-refractivity contribution in [1.82, 2.24) is 14.9 Å². The first-order valence-corrected chi connectivity index (χ1v) is 11.9. The fraction of sp³-hybridized carbons (Fsp3) is 0.522. The molecule has 0 bridgehead atoms. The third-order valence-electron chi connectivity index (χ3n) is 5.90. The lowest BCUT2D eigenvalue weighted by atomic mass is 10.0. The number of aryl methyl sites for hydroxylation is 2. The van der Waals surface area contributed by atoms with Crippen molar-refractivity contribution >= 4 is 17.7 Å². The number of likely N-dealkylation sites (tertiary alicyclic amines) is 1. The van der Waals surface area contributed by atoms with Crippen molar-refractivity contribution in [1.29, 1.82) is 0 Å². The lowest BCUT2D eigenvalue weighted by Crippen LogP contribution is -2.30. The average Bonchev–Trinajstić information content (AvgIpc) is 3.11. The highest BCUT2D eigenvalue weighted by Gasteiger charge is 2.30. The van der Waals surface area contributed by atoms with E-state index in [2.05, 4.69) is 22.1 Å². The summed E-state index contributed by atoms with van der Waals surface area (Å²) in [6.45, 7) is 6.16. The zero-order chi connectivity index (χ0) is 21.1. The second kappa shape index (κ2) is 9.25. The molecule has 4 rings (SSSR count). The van der Waals surface area contributed by atoms with Crippen LogP contribution in [0.1, 0.15) is 54.2 Å². The summed E-state index contributed by atoms with van der Waals surface area (Å²) in [5.74, 6) is 1.78.